The second-order valence-corrected chi connectivity index (χ2v) is 6.12. The second kappa shape index (κ2) is 6.40. The maximum Gasteiger partial charge on any atom is 0.119 e. The van der Waals surface area contributed by atoms with Gasteiger partial charge in [-0.25, -0.2) is 0 Å². The van der Waals surface area contributed by atoms with Crippen LogP contribution in [0.3, 0.4) is 0 Å². The Hall–Kier alpha value is -1.06. The summed E-state index contributed by atoms with van der Waals surface area (Å²) in [6, 6.07) is 6.19. The van der Waals surface area contributed by atoms with Gasteiger partial charge >= 0.3 is 0 Å². The maximum atomic E-state index is 9.17. The molecule has 1 aromatic carbocycles. The van der Waals surface area contributed by atoms with Crippen LogP contribution >= 0.6 is 0 Å². The fraction of sp³-hybridized carbons (Fsp3) is 0.625. The molecule has 108 valence electrons. The fourth-order valence-electron chi connectivity index (χ4n) is 2.36. The normalized spacial score (nSPS) is 16.2. The molecule has 0 aliphatic rings. The van der Waals surface area contributed by atoms with Crippen LogP contribution in [0.5, 0.6) is 5.75 Å². The molecule has 0 heterocycles. The van der Waals surface area contributed by atoms with Gasteiger partial charge in [0.15, 0.2) is 0 Å². The van der Waals surface area contributed by atoms with Gasteiger partial charge < -0.3 is 15.6 Å². The number of nitrogens with two attached hydrogens (primary N) is 1. The van der Waals surface area contributed by atoms with E-state index in [1.54, 1.807) is 0 Å². The smallest absolute Gasteiger partial charge is 0.119 e. The van der Waals surface area contributed by atoms with Crippen LogP contribution in [0.1, 0.15) is 51.2 Å². The molecule has 3 N–H and O–H groups in total. The van der Waals surface area contributed by atoms with E-state index in [9.17, 15) is 5.11 Å². The van der Waals surface area contributed by atoms with E-state index in [1.807, 2.05) is 19.9 Å². The highest BCUT2D eigenvalue weighted by Crippen LogP contribution is 2.25. The molecule has 0 amide bonds. The zero-order valence-corrected chi connectivity index (χ0v) is 12.7. The summed E-state index contributed by atoms with van der Waals surface area (Å²) in [4.78, 5) is 0. The summed E-state index contributed by atoms with van der Waals surface area (Å²) in [7, 11) is 0. The van der Waals surface area contributed by atoms with Gasteiger partial charge in [-0.05, 0) is 49.9 Å². The topological polar surface area (TPSA) is 55.5 Å². The predicted octanol–water partition coefficient (Wildman–Crippen LogP) is 2.99. The van der Waals surface area contributed by atoms with E-state index in [-0.39, 0.29) is 12.7 Å². The van der Waals surface area contributed by atoms with Gasteiger partial charge in [-0.2, -0.15) is 0 Å². The molecule has 0 saturated carbocycles. The quantitative estimate of drug-likeness (QED) is 0.831. The monoisotopic (exact) mass is 265 g/mol. The van der Waals surface area contributed by atoms with Crippen LogP contribution in [0.2, 0.25) is 0 Å². The van der Waals surface area contributed by atoms with Gasteiger partial charge in [-0.15, -0.1) is 0 Å². The average molecular weight is 265 g/mol. The summed E-state index contributed by atoms with van der Waals surface area (Å²) in [6.45, 7) is 10.3. The fourth-order valence-corrected chi connectivity index (χ4v) is 2.36. The third-order valence-electron chi connectivity index (χ3n) is 3.32. The van der Waals surface area contributed by atoms with E-state index >= 15 is 0 Å². The summed E-state index contributed by atoms with van der Waals surface area (Å²) in [5.74, 6) is 1.39. The minimum Gasteiger partial charge on any atom is -0.491 e. The van der Waals surface area contributed by atoms with Gasteiger partial charge in [0, 0.05) is 12.0 Å². The van der Waals surface area contributed by atoms with Crippen molar-refractivity contribution in [3.8, 4) is 5.75 Å². The van der Waals surface area contributed by atoms with Crippen LogP contribution in [0.25, 0.3) is 0 Å². The van der Waals surface area contributed by atoms with E-state index in [1.165, 1.54) is 11.1 Å². The lowest BCUT2D eigenvalue weighted by molar-refractivity contribution is 0.133. The first-order valence-electron chi connectivity index (χ1n) is 6.92. The molecule has 0 bridgehead atoms. The molecular weight excluding hydrogens is 238 g/mol. The Labute approximate surface area is 116 Å². The number of ether oxygens (including phenoxy) is 1. The van der Waals surface area contributed by atoms with Crippen molar-refractivity contribution in [3.63, 3.8) is 0 Å². The summed E-state index contributed by atoms with van der Waals surface area (Å²) in [6.07, 6.45) is 0.598. The first kappa shape index (κ1) is 16.0. The van der Waals surface area contributed by atoms with Crippen molar-refractivity contribution >= 4 is 0 Å². The van der Waals surface area contributed by atoms with E-state index in [4.69, 9.17) is 10.5 Å². The van der Waals surface area contributed by atoms with Crippen molar-refractivity contribution in [1.29, 1.82) is 0 Å². The Bertz CT molecular complexity index is 413. The number of benzene rings is 1. The third-order valence-corrected chi connectivity index (χ3v) is 3.32. The molecule has 0 aromatic heterocycles. The van der Waals surface area contributed by atoms with Crippen LogP contribution < -0.4 is 10.5 Å². The van der Waals surface area contributed by atoms with Crippen LogP contribution in [0, 0.1) is 6.92 Å². The lowest BCUT2D eigenvalue weighted by Crippen LogP contribution is -2.43. The number of aryl methyl sites for hydroxylation is 1. The maximum absolute atomic E-state index is 9.17. The first-order valence-corrected chi connectivity index (χ1v) is 6.92. The van der Waals surface area contributed by atoms with Gasteiger partial charge in [-0.3, -0.25) is 0 Å². The zero-order valence-electron chi connectivity index (χ0n) is 12.7. The molecule has 1 rings (SSSR count). The molecule has 3 heteroatoms. The predicted molar refractivity (Wildman–Crippen MR) is 79.7 cm³/mol. The van der Waals surface area contributed by atoms with Crippen LogP contribution in [0.4, 0.5) is 0 Å². The van der Waals surface area contributed by atoms with Crippen molar-refractivity contribution in [2.24, 2.45) is 5.73 Å². The van der Waals surface area contributed by atoms with Gasteiger partial charge in [0.05, 0.1) is 12.7 Å². The van der Waals surface area contributed by atoms with E-state index < -0.39 is 5.54 Å². The lowest BCUT2D eigenvalue weighted by Gasteiger charge is -2.26. The molecule has 2 unspecified atom stereocenters. The SMILES string of the molecule is Cc1cc(OC(C)CC(C)(N)CO)ccc1C(C)C. The Morgan fingerprint density at radius 1 is 1.32 bits per heavy atom. The summed E-state index contributed by atoms with van der Waals surface area (Å²) >= 11 is 0. The Morgan fingerprint density at radius 2 is 1.95 bits per heavy atom. The van der Waals surface area contributed by atoms with Crippen LogP contribution in [0.15, 0.2) is 18.2 Å². The average Bonchev–Trinajstić information content (AvgIpc) is 2.27. The van der Waals surface area contributed by atoms with E-state index in [2.05, 4.69) is 32.9 Å². The summed E-state index contributed by atoms with van der Waals surface area (Å²) < 4.78 is 5.88. The van der Waals surface area contributed by atoms with Gasteiger partial charge in [-0.1, -0.05) is 19.9 Å². The zero-order chi connectivity index (χ0) is 14.6. The Morgan fingerprint density at radius 3 is 2.42 bits per heavy atom. The first-order chi connectivity index (χ1) is 8.75. The Balaban J connectivity index is 2.70. The minimum absolute atomic E-state index is 0.0218. The van der Waals surface area contributed by atoms with Crippen molar-refractivity contribution in [1.82, 2.24) is 0 Å². The second-order valence-electron chi connectivity index (χ2n) is 6.12. The molecular formula is C16H27NO2. The number of hydrogen-bond acceptors (Lipinski definition) is 3. The molecule has 0 fully saturated rings. The lowest BCUT2D eigenvalue weighted by atomic mass is 9.97. The molecule has 0 aliphatic carbocycles. The largest absolute Gasteiger partial charge is 0.491 e. The molecule has 0 saturated heterocycles. The van der Waals surface area contributed by atoms with Gasteiger partial charge in [0.2, 0.25) is 0 Å². The molecule has 0 spiro atoms. The number of aliphatic hydroxyl groups excluding tert-OH is 1. The van der Waals surface area contributed by atoms with Crippen LogP contribution in [-0.2, 0) is 0 Å². The summed E-state index contributed by atoms with van der Waals surface area (Å²) in [5.41, 5.74) is 7.94. The van der Waals surface area contributed by atoms with Crippen molar-refractivity contribution in [2.45, 2.75) is 58.6 Å². The van der Waals surface area contributed by atoms with Gasteiger partial charge in [0.1, 0.15) is 5.75 Å². The van der Waals surface area contributed by atoms with Crippen molar-refractivity contribution < 1.29 is 9.84 Å². The molecule has 19 heavy (non-hydrogen) atoms. The number of aliphatic hydroxyl groups is 1. The van der Waals surface area contributed by atoms with Gasteiger partial charge in [0.25, 0.3) is 0 Å². The third kappa shape index (κ3) is 4.84. The standard InChI is InChI=1S/C16H27NO2/c1-11(2)15-7-6-14(8-12(15)3)19-13(4)9-16(5,17)10-18/h6-8,11,13,18H,9-10,17H2,1-5H3. The molecule has 0 radical (unpaired) electrons. The number of rotatable bonds is 6. The van der Waals surface area contributed by atoms with Crippen molar-refractivity contribution in [2.75, 3.05) is 6.61 Å². The summed E-state index contributed by atoms with van der Waals surface area (Å²) in [5, 5.41) is 9.17. The number of hydrogen-bond donors (Lipinski definition) is 2. The minimum atomic E-state index is -0.591. The van der Waals surface area contributed by atoms with Crippen LogP contribution in [-0.4, -0.2) is 23.4 Å². The molecule has 1 aromatic rings. The molecule has 2 atom stereocenters. The molecule has 0 aliphatic heterocycles. The highest BCUT2D eigenvalue weighted by Gasteiger charge is 2.21. The van der Waals surface area contributed by atoms with Crippen molar-refractivity contribution in [3.05, 3.63) is 29.3 Å². The van der Waals surface area contributed by atoms with E-state index in [0.717, 1.165) is 5.75 Å². The van der Waals surface area contributed by atoms with E-state index in [0.29, 0.717) is 12.3 Å². The highest BCUT2D eigenvalue weighted by molar-refractivity contribution is 5.36. The highest BCUT2D eigenvalue weighted by atomic mass is 16.5. The Kier molecular flexibility index (Phi) is 5.39. The molecule has 3 nitrogen and oxygen atoms in total.